The molecule has 102 valence electrons. The molecular formula is C13H27NO3. The van der Waals surface area contributed by atoms with Crippen LogP contribution in [0.3, 0.4) is 0 Å². The Hall–Kier alpha value is -0.610. The van der Waals surface area contributed by atoms with Crippen LogP contribution < -0.4 is 5.73 Å². The smallest absolute Gasteiger partial charge is 0.306 e. The molecule has 1 atom stereocenters. The third-order valence-corrected chi connectivity index (χ3v) is 3.69. The van der Waals surface area contributed by atoms with Gasteiger partial charge in [-0.25, -0.2) is 0 Å². The lowest BCUT2D eigenvalue weighted by Crippen LogP contribution is -2.53. The van der Waals surface area contributed by atoms with E-state index in [9.17, 15) is 4.79 Å². The summed E-state index contributed by atoms with van der Waals surface area (Å²) in [5, 5.41) is 0. The molecule has 0 rings (SSSR count). The average Bonchev–Trinajstić information content (AvgIpc) is 2.15. The molecule has 0 bridgehead atoms. The van der Waals surface area contributed by atoms with Crippen molar-refractivity contribution in [1.29, 1.82) is 0 Å². The fourth-order valence-corrected chi connectivity index (χ4v) is 1.92. The normalized spacial score (nSPS) is 16.5. The summed E-state index contributed by atoms with van der Waals surface area (Å²) in [6.45, 7) is 9.86. The Morgan fingerprint density at radius 2 is 1.59 bits per heavy atom. The average molecular weight is 245 g/mol. The van der Waals surface area contributed by atoms with Crippen LogP contribution in [0, 0.1) is 5.41 Å². The molecule has 0 saturated carbocycles. The summed E-state index contributed by atoms with van der Waals surface area (Å²) in [6, 6.07) is 0. The number of ether oxygens (including phenoxy) is 2. The van der Waals surface area contributed by atoms with E-state index < -0.39 is 5.54 Å². The summed E-state index contributed by atoms with van der Waals surface area (Å²) in [4.78, 5) is 11.5. The number of hydrogen-bond acceptors (Lipinski definition) is 4. The molecule has 2 N–H and O–H groups in total. The number of methoxy groups -OCH3 is 2. The van der Waals surface area contributed by atoms with Crippen molar-refractivity contribution in [3.8, 4) is 0 Å². The Labute approximate surface area is 105 Å². The van der Waals surface area contributed by atoms with Crippen molar-refractivity contribution in [3.63, 3.8) is 0 Å². The van der Waals surface area contributed by atoms with E-state index in [2.05, 4.69) is 0 Å². The second-order valence-corrected chi connectivity index (χ2v) is 6.18. The van der Waals surface area contributed by atoms with Crippen LogP contribution in [0.2, 0.25) is 0 Å². The maximum absolute atomic E-state index is 11.5. The first-order chi connectivity index (χ1) is 7.47. The molecule has 4 nitrogen and oxygen atoms in total. The molecule has 0 aliphatic carbocycles. The molecule has 0 aromatic carbocycles. The monoisotopic (exact) mass is 245 g/mol. The third-order valence-electron chi connectivity index (χ3n) is 3.69. The number of nitrogens with two attached hydrogens (primary N) is 1. The lowest BCUT2D eigenvalue weighted by atomic mass is 9.65. The van der Waals surface area contributed by atoms with Crippen molar-refractivity contribution in [3.05, 3.63) is 0 Å². The van der Waals surface area contributed by atoms with Gasteiger partial charge in [0.2, 0.25) is 0 Å². The van der Waals surface area contributed by atoms with Crippen LogP contribution >= 0.6 is 0 Å². The first kappa shape index (κ1) is 16.4. The zero-order chi connectivity index (χ0) is 13.9. The first-order valence-corrected chi connectivity index (χ1v) is 5.88. The highest BCUT2D eigenvalue weighted by atomic mass is 16.5. The fourth-order valence-electron chi connectivity index (χ4n) is 1.92. The Morgan fingerprint density at radius 1 is 1.12 bits per heavy atom. The van der Waals surface area contributed by atoms with Crippen molar-refractivity contribution in [2.75, 3.05) is 14.2 Å². The van der Waals surface area contributed by atoms with E-state index in [1.54, 1.807) is 7.11 Å². The van der Waals surface area contributed by atoms with Crippen LogP contribution in [0.1, 0.15) is 47.5 Å². The van der Waals surface area contributed by atoms with E-state index in [1.165, 1.54) is 7.11 Å². The molecule has 0 spiro atoms. The fraction of sp³-hybridized carbons (Fsp3) is 0.923. The van der Waals surface area contributed by atoms with Gasteiger partial charge in [0.15, 0.2) is 0 Å². The topological polar surface area (TPSA) is 61.5 Å². The van der Waals surface area contributed by atoms with Crippen LogP contribution in [-0.4, -0.2) is 31.3 Å². The quantitative estimate of drug-likeness (QED) is 0.728. The van der Waals surface area contributed by atoms with Crippen LogP contribution in [0.15, 0.2) is 0 Å². The SMILES string of the molecule is COC(=O)CC(C)(CC(C)(C)OC)C(C)(C)N. The molecule has 4 heteroatoms. The summed E-state index contributed by atoms with van der Waals surface area (Å²) in [5.74, 6) is -0.238. The zero-order valence-electron chi connectivity index (χ0n) is 12.2. The molecule has 0 aromatic heterocycles. The van der Waals surface area contributed by atoms with Crippen LogP contribution in [0.5, 0.6) is 0 Å². The molecule has 17 heavy (non-hydrogen) atoms. The number of esters is 1. The Morgan fingerprint density at radius 3 is 1.88 bits per heavy atom. The zero-order valence-corrected chi connectivity index (χ0v) is 12.2. The highest BCUT2D eigenvalue weighted by molar-refractivity contribution is 5.70. The molecule has 0 aromatic rings. The van der Waals surface area contributed by atoms with E-state index >= 15 is 0 Å². The van der Waals surface area contributed by atoms with E-state index in [0.717, 1.165) is 0 Å². The van der Waals surface area contributed by atoms with Crippen LogP contribution in [-0.2, 0) is 14.3 Å². The van der Waals surface area contributed by atoms with Gasteiger partial charge >= 0.3 is 5.97 Å². The van der Waals surface area contributed by atoms with Gasteiger partial charge < -0.3 is 15.2 Å². The number of carbonyl (C=O) groups is 1. The second-order valence-electron chi connectivity index (χ2n) is 6.18. The van der Waals surface area contributed by atoms with E-state index in [-0.39, 0.29) is 17.0 Å². The summed E-state index contributed by atoms with van der Waals surface area (Å²) >= 11 is 0. The predicted molar refractivity (Wildman–Crippen MR) is 68.7 cm³/mol. The lowest BCUT2D eigenvalue weighted by molar-refractivity contribution is -0.146. The van der Waals surface area contributed by atoms with Crippen molar-refractivity contribution < 1.29 is 14.3 Å². The summed E-state index contributed by atoms with van der Waals surface area (Å²) in [5.41, 5.74) is 5.03. The van der Waals surface area contributed by atoms with Crippen molar-refractivity contribution in [1.82, 2.24) is 0 Å². The second kappa shape index (κ2) is 5.36. The van der Waals surface area contributed by atoms with Crippen LogP contribution in [0.25, 0.3) is 0 Å². The standard InChI is InChI=1S/C13H27NO3/c1-11(2,17-7)9-13(5,12(3,4)14)8-10(15)16-6/h8-9,14H2,1-7H3. The summed E-state index contributed by atoms with van der Waals surface area (Å²) in [6.07, 6.45) is 0.981. The maximum atomic E-state index is 11.5. The molecule has 0 fully saturated rings. The van der Waals surface area contributed by atoms with E-state index in [1.807, 2.05) is 34.6 Å². The molecule has 0 aliphatic rings. The molecular weight excluding hydrogens is 218 g/mol. The predicted octanol–water partition coefficient (Wildman–Crippen LogP) is 2.11. The van der Waals surface area contributed by atoms with Gasteiger partial charge in [-0.3, -0.25) is 4.79 Å². The first-order valence-electron chi connectivity index (χ1n) is 5.88. The van der Waals surface area contributed by atoms with Crippen molar-refractivity contribution >= 4 is 5.97 Å². The van der Waals surface area contributed by atoms with E-state index in [4.69, 9.17) is 15.2 Å². The van der Waals surface area contributed by atoms with E-state index in [0.29, 0.717) is 12.8 Å². The van der Waals surface area contributed by atoms with Gasteiger partial charge in [0.05, 0.1) is 19.1 Å². The van der Waals surface area contributed by atoms with Gasteiger partial charge in [-0.05, 0) is 39.5 Å². The molecule has 0 amide bonds. The highest BCUT2D eigenvalue weighted by Gasteiger charge is 2.44. The molecule has 1 unspecified atom stereocenters. The molecule has 0 saturated heterocycles. The highest BCUT2D eigenvalue weighted by Crippen LogP contribution is 2.41. The Bertz CT molecular complexity index is 268. The summed E-state index contributed by atoms with van der Waals surface area (Å²) < 4.78 is 10.2. The van der Waals surface area contributed by atoms with Gasteiger partial charge in [0.25, 0.3) is 0 Å². The third kappa shape index (κ3) is 4.64. The number of hydrogen-bond donors (Lipinski definition) is 1. The van der Waals surface area contributed by atoms with Gasteiger partial charge in [0.1, 0.15) is 0 Å². The Kier molecular flexibility index (Phi) is 5.16. The maximum Gasteiger partial charge on any atom is 0.306 e. The largest absolute Gasteiger partial charge is 0.469 e. The molecule has 0 heterocycles. The number of carbonyl (C=O) groups excluding carboxylic acids is 1. The minimum absolute atomic E-state index is 0.238. The van der Waals surface area contributed by atoms with Gasteiger partial charge in [-0.15, -0.1) is 0 Å². The van der Waals surface area contributed by atoms with Crippen LogP contribution in [0.4, 0.5) is 0 Å². The molecule has 0 radical (unpaired) electrons. The van der Waals surface area contributed by atoms with Gasteiger partial charge in [0, 0.05) is 12.6 Å². The minimum Gasteiger partial charge on any atom is -0.469 e. The Balaban J connectivity index is 5.06. The minimum atomic E-state index is -0.489. The van der Waals surface area contributed by atoms with Crippen molar-refractivity contribution in [2.24, 2.45) is 11.1 Å². The van der Waals surface area contributed by atoms with Gasteiger partial charge in [-0.2, -0.15) is 0 Å². The molecule has 0 aliphatic heterocycles. The lowest BCUT2D eigenvalue weighted by Gasteiger charge is -2.45. The van der Waals surface area contributed by atoms with Crippen molar-refractivity contribution in [2.45, 2.75) is 58.6 Å². The number of rotatable bonds is 6. The summed E-state index contributed by atoms with van der Waals surface area (Å²) in [7, 11) is 3.07. The van der Waals surface area contributed by atoms with Gasteiger partial charge in [-0.1, -0.05) is 6.92 Å².